The van der Waals surface area contributed by atoms with Gasteiger partial charge in [-0.1, -0.05) is 35.4 Å². The smallest absolute Gasteiger partial charge is 0.161 e. The molecule has 0 aromatic heterocycles. The first-order valence-corrected chi connectivity index (χ1v) is 10.2. The maximum atomic E-state index is 13.9. The third kappa shape index (κ3) is 6.91. The molecule has 0 unspecified atom stereocenters. The number of rotatable bonds is 9. The quantitative estimate of drug-likeness (QED) is 0.358. The highest BCUT2D eigenvalue weighted by Crippen LogP contribution is 2.30. The molecule has 6 heteroatoms. The Bertz CT molecular complexity index is 806. The van der Waals surface area contributed by atoms with E-state index in [1.165, 1.54) is 31.7 Å². The molecule has 0 radical (unpaired) electrons. The molecular weight excluding hydrogens is 412 g/mol. The van der Waals surface area contributed by atoms with E-state index in [2.05, 4.69) is 11.4 Å². The molecule has 3 rings (SSSR count). The minimum atomic E-state index is -0.375. The molecule has 158 valence electrons. The monoisotopic (exact) mass is 439 g/mol. The zero-order valence-electron chi connectivity index (χ0n) is 16.7. The van der Waals surface area contributed by atoms with Crippen molar-refractivity contribution in [3.8, 4) is 11.5 Å². The summed E-state index contributed by atoms with van der Waals surface area (Å²) < 4.78 is 25.1. The molecule has 0 saturated heterocycles. The first kappa shape index (κ1) is 23.5. The van der Waals surface area contributed by atoms with Crippen LogP contribution in [0.3, 0.4) is 0 Å². The van der Waals surface area contributed by atoms with Gasteiger partial charge < -0.3 is 14.8 Å². The molecule has 0 amide bonds. The van der Waals surface area contributed by atoms with Gasteiger partial charge in [0.25, 0.3) is 0 Å². The summed E-state index contributed by atoms with van der Waals surface area (Å²) in [5, 5.41) is 3.84. The van der Waals surface area contributed by atoms with Crippen molar-refractivity contribution in [2.24, 2.45) is 0 Å². The summed E-state index contributed by atoms with van der Waals surface area (Å²) in [6.07, 6.45) is 8.63. The molecule has 0 spiro atoms. The minimum absolute atomic E-state index is 0. The van der Waals surface area contributed by atoms with Crippen LogP contribution in [0, 0.1) is 5.82 Å². The molecule has 0 bridgehead atoms. The molecular formula is C23H28Cl2FNO2. The molecule has 0 aliphatic heterocycles. The van der Waals surface area contributed by atoms with Crippen LogP contribution in [-0.4, -0.2) is 13.7 Å². The summed E-state index contributed by atoms with van der Waals surface area (Å²) in [5.74, 6) is 0.819. The first-order valence-electron chi connectivity index (χ1n) is 9.78. The average molecular weight is 440 g/mol. The Balaban J connectivity index is 0.00000300. The van der Waals surface area contributed by atoms with E-state index < -0.39 is 0 Å². The maximum absolute atomic E-state index is 13.9. The molecule has 1 N–H and O–H groups in total. The van der Waals surface area contributed by atoms with Crippen LogP contribution in [0.5, 0.6) is 11.5 Å². The number of hydrogen-bond acceptors (Lipinski definition) is 3. The van der Waals surface area contributed by atoms with Gasteiger partial charge in [0.15, 0.2) is 11.5 Å². The topological polar surface area (TPSA) is 30.5 Å². The van der Waals surface area contributed by atoms with Crippen LogP contribution in [0.1, 0.15) is 43.2 Å². The Morgan fingerprint density at radius 3 is 2.72 bits per heavy atom. The van der Waals surface area contributed by atoms with Crippen molar-refractivity contribution in [1.82, 2.24) is 5.32 Å². The molecule has 0 atom stereocenters. The van der Waals surface area contributed by atoms with Gasteiger partial charge in [0.2, 0.25) is 0 Å². The zero-order valence-corrected chi connectivity index (χ0v) is 18.3. The van der Waals surface area contributed by atoms with Crippen LogP contribution in [0.15, 0.2) is 48.0 Å². The van der Waals surface area contributed by atoms with Gasteiger partial charge in [-0.25, -0.2) is 4.39 Å². The van der Waals surface area contributed by atoms with Crippen LogP contribution in [0.25, 0.3) is 0 Å². The summed E-state index contributed by atoms with van der Waals surface area (Å²) in [4.78, 5) is 0. The highest BCUT2D eigenvalue weighted by atomic mass is 35.5. The average Bonchev–Trinajstić information content (AvgIpc) is 2.72. The molecule has 29 heavy (non-hydrogen) atoms. The fourth-order valence-corrected chi connectivity index (χ4v) is 3.59. The molecule has 2 aromatic carbocycles. The Kier molecular flexibility index (Phi) is 9.79. The first-order chi connectivity index (χ1) is 13.7. The van der Waals surface area contributed by atoms with E-state index in [9.17, 15) is 4.39 Å². The Morgan fingerprint density at radius 1 is 1.14 bits per heavy atom. The van der Waals surface area contributed by atoms with Crippen molar-refractivity contribution < 1.29 is 13.9 Å². The number of halogens is 3. The van der Waals surface area contributed by atoms with Crippen molar-refractivity contribution >= 4 is 24.0 Å². The van der Waals surface area contributed by atoms with E-state index in [0.29, 0.717) is 22.1 Å². The second kappa shape index (κ2) is 12.1. The van der Waals surface area contributed by atoms with Crippen molar-refractivity contribution in [1.29, 1.82) is 0 Å². The highest BCUT2D eigenvalue weighted by Gasteiger charge is 2.11. The largest absolute Gasteiger partial charge is 0.493 e. The Morgan fingerprint density at radius 2 is 2.00 bits per heavy atom. The SMILES string of the molecule is COc1cc(CNCCC2=CCCCC2)ccc1OCc1c(F)cccc1Cl.Cl. The van der Waals surface area contributed by atoms with E-state index in [1.807, 2.05) is 18.2 Å². The number of hydrogen-bond donors (Lipinski definition) is 1. The van der Waals surface area contributed by atoms with E-state index in [4.69, 9.17) is 21.1 Å². The third-order valence-corrected chi connectivity index (χ3v) is 5.35. The summed E-state index contributed by atoms with van der Waals surface area (Å²) in [5.41, 5.74) is 3.03. The van der Waals surface area contributed by atoms with E-state index in [-0.39, 0.29) is 24.8 Å². The highest BCUT2D eigenvalue weighted by molar-refractivity contribution is 6.31. The molecule has 1 aliphatic rings. The fourth-order valence-electron chi connectivity index (χ4n) is 3.37. The van der Waals surface area contributed by atoms with Gasteiger partial charge in [0.1, 0.15) is 12.4 Å². The lowest BCUT2D eigenvalue weighted by atomic mass is 9.97. The number of methoxy groups -OCH3 is 1. The molecule has 0 heterocycles. The number of nitrogens with one attached hydrogen (secondary N) is 1. The Hall–Kier alpha value is -1.75. The van der Waals surface area contributed by atoms with E-state index in [1.54, 1.807) is 24.8 Å². The van der Waals surface area contributed by atoms with Crippen molar-refractivity contribution in [2.45, 2.75) is 45.3 Å². The van der Waals surface area contributed by atoms with Gasteiger partial charge in [0.05, 0.1) is 12.1 Å². The van der Waals surface area contributed by atoms with Gasteiger partial charge in [-0.05, 0) is 68.5 Å². The lowest BCUT2D eigenvalue weighted by Gasteiger charge is -2.15. The second-order valence-electron chi connectivity index (χ2n) is 7.01. The van der Waals surface area contributed by atoms with Crippen LogP contribution < -0.4 is 14.8 Å². The molecule has 1 aliphatic carbocycles. The Labute approximate surface area is 183 Å². The van der Waals surface area contributed by atoms with Crippen LogP contribution in [0.2, 0.25) is 5.02 Å². The third-order valence-electron chi connectivity index (χ3n) is 5.00. The van der Waals surface area contributed by atoms with E-state index >= 15 is 0 Å². The second-order valence-corrected chi connectivity index (χ2v) is 7.42. The fraction of sp³-hybridized carbons (Fsp3) is 0.391. The predicted molar refractivity (Wildman–Crippen MR) is 119 cm³/mol. The standard InChI is InChI=1S/C23H27ClFNO2.ClH/c1-27-23-14-18(15-26-13-12-17-6-3-2-4-7-17)10-11-22(23)28-16-19-20(24)8-5-9-21(19)25;/h5-6,8-11,14,26H,2-4,7,12-13,15-16H2,1H3;1H. The van der Waals surface area contributed by atoms with Crippen molar-refractivity contribution in [3.63, 3.8) is 0 Å². The molecule has 2 aromatic rings. The van der Waals surface area contributed by atoms with Crippen molar-refractivity contribution in [3.05, 3.63) is 70.0 Å². The zero-order chi connectivity index (χ0) is 19.8. The van der Waals surface area contributed by atoms with Gasteiger partial charge in [-0.15, -0.1) is 12.4 Å². The summed E-state index contributed by atoms with van der Waals surface area (Å²) >= 11 is 6.06. The molecule has 3 nitrogen and oxygen atoms in total. The van der Waals surface area contributed by atoms with Crippen LogP contribution in [-0.2, 0) is 13.2 Å². The minimum Gasteiger partial charge on any atom is -0.493 e. The lowest BCUT2D eigenvalue weighted by molar-refractivity contribution is 0.279. The lowest BCUT2D eigenvalue weighted by Crippen LogP contribution is -2.15. The maximum Gasteiger partial charge on any atom is 0.161 e. The van der Waals surface area contributed by atoms with Crippen molar-refractivity contribution in [2.75, 3.05) is 13.7 Å². The van der Waals surface area contributed by atoms with Gasteiger partial charge >= 0.3 is 0 Å². The number of ether oxygens (including phenoxy) is 2. The van der Waals surface area contributed by atoms with E-state index in [0.717, 1.165) is 25.1 Å². The molecule has 0 fully saturated rings. The van der Waals surface area contributed by atoms with Gasteiger partial charge in [0, 0.05) is 12.1 Å². The van der Waals surface area contributed by atoms with Crippen LogP contribution in [0.4, 0.5) is 4.39 Å². The predicted octanol–water partition coefficient (Wildman–Crippen LogP) is 6.47. The van der Waals surface area contributed by atoms with Gasteiger partial charge in [-0.3, -0.25) is 0 Å². The summed E-state index contributed by atoms with van der Waals surface area (Å²) in [7, 11) is 1.60. The normalized spacial score (nSPS) is 13.4. The van der Waals surface area contributed by atoms with Gasteiger partial charge in [-0.2, -0.15) is 0 Å². The van der Waals surface area contributed by atoms with Crippen LogP contribution >= 0.6 is 24.0 Å². The number of allylic oxidation sites excluding steroid dienone is 1. The summed E-state index contributed by atoms with van der Waals surface area (Å²) in [6, 6.07) is 10.4. The number of benzene rings is 2. The summed E-state index contributed by atoms with van der Waals surface area (Å²) in [6.45, 7) is 1.79. The molecule has 0 saturated carbocycles.